The van der Waals surface area contributed by atoms with Crippen molar-refractivity contribution in [3.8, 4) is 0 Å². The van der Waals surface area contributed by atoms with Gasteiger partial charge in [-0.2, -0.15) is 0 Å². The summed E-state index contributed by atoms with van der Waals surface area (Å²) in [5, 5.41) is 11.9. The Labute approximate surface area is 107 Å². The minimum Gasteiger partial charge on any atom is -0.480 e. The van der Waals surface area contributed by atoms with Crippen molar-refractivity contribution in [1.29, 1.82) is 0 Å². The number of benzene rings is 1. The summed E-state index contributed by atoms with van der Waals surface area (Å²) in [5.41, 5.74) is 0.486. The first-order valence-electron chi connectivity index (χ1n) is 5.48. The highest BCUT2D eigenvalue weighted by molar-refractivity contribution is 9.10. The Morgan fingerprint density at radius 1 is 1.59 bits per heavy atom. The molecule has 1 aromatic carbocycles. The van der Waals surface area contributed by atoms with E-state index in [0.29, 0.717) is 10.0 Å². The SMILES string of the molecule is O=C(O)C(NCc1ccc(Br)cc1F)C1CC1. The number of nitrogens with one attached hydrogen (secondary N) is 1. The van der Waals surface area contributed by atoms with Gasteiger partial charge in [0.05, 0.1) is 0 Å². The third kappa shape index (κ3) is 3.26. The summed E-state index contributed by atoms with van der Waals surface area (Å²) in [5.74, 6) is -0.983. The van der Waals surface area contributed by atoms with E-state index in [4.69, 9.17) is 5.11 Å². The molecule has 0 radical (unpaired) electrons. The maximum atomic E-state index is 13.5. The number of halogens is 2. The van der Waals surface area contributed by atoms with Gasteiger partial charge in [-0.1, -0.05) is 22.0 Å². The van der Waals surface area contributed by atoms with Crippen LogP contribution in [0.5, 0.6) is 0 Å². The summed E-state index contributed by atoms with van der Waals surface area (Å²) in [6, 6.07) is 4.22. The maximum Gasteiger partial charge on any atom is 0.320 e. The van der Waals surface area contributed by atoms with Gasteiger partial charge in [-0.15, -0.1) is 0 Å². The monoisotopic (exact) mass is 301 g/mol. The Morgan fingerprint density at radius 3 is 2.82 bits per heavy atom. The Hall–Kier alpha value is -0.940. The molecule has 2 N–H and O–H groups in total. The molecule has 0 amide bonds. The Bertz CT molecular complexity index is 435. The molecular weight excluding hydrogens is 289 g/mol. The molecule has 1 aromatic rings. The van der Waals surface area contributed by atoms with Crippen LogP contribution in [0.4, 0.5) is 4.39 Å². The van der Waals surface area contributed by atoms with Crippen LogP contribution in [0.3, 0.4) is 0 Å². The number of aliphatic carboxylic acids is 1. The fraction of sp³-hybridized carbons (Fsp3) is 0.417. The molecule has 0 saturated heterocycles. The zero-order valence-electron chi connectivity index (χ0n) is 9.12. The molecule has 0 heterocycles. The van der Waals surface area contributed by atoms with Crippen molar-refractivity contribution in [1.82, 2.24) is 5.32 Å². The fourth-order valence-corrected chi connectivity index (χ4v) is 2.10. The molecule has 0 aliphatic heterocycles. The van der Waals surface area contributed by atoms with Crippen LogP contribution in [0.25, 0.3) is 0 Å². The van der Waals surface area contributed by atoms with Crippen LogP contribution in [0.15, 0.2) is 22.7 Å². The fourth-order valence-electron chi connectivity index (χ4n) is 1.77. The van der Waals surface area contributed by atoms with Gasteiger partial charge in [0, 0.05) is 16.6 Å². The summed E-state index contributed by atoms with van der Waals surface area (Å²) in [6.07, 6.45) is 1.87. The molecule has 1 saturated carbocycles. The number of carboxylic acid groups (broad SMARTS) is 1. The van der Waals surface area contributed by atoms with Gasteiger partial charge >= 0.3 is 5.97 Å². The minimum atomic E-state index is -0.856. The summed E-state index contributed by atoms with van der Waals surface area (Å²) in [6.45, 7) is 0.243. The molecule has 1 aliphatic carbocycles. The second-order valence-electron chi connectivity index (χ2n) is 4.27. The quantitative estimate of drug-likeness (QED) is 0.879. The highest BCUT2D eigenvalue weighted by Crippen LogP contribution is 2.33. The van der Waals surface area contributed by atoms with Crippen molar-refractivity contribution in [3.63, 3.8) is 0 Å². The van der Waals surface area contributed by atoms with Gasteiger partial charge in [0.1, 0.15) is 11.9 Å². The first-order valence-corrected chi connectivity index (χ1v) is 6.27. The van der Waals surface area contributed by atoms with Gasteiger partial charge < -0.3 is 5.11 Å². The van der Waals surface area contributed by atoms with Crippen molar-refractivity contribution < 1.29 is 14.3 Å². The zero-order valence-corrected chi connectivity index (χ0v) is 10.7. The van der Waals surface area contributed by atoms with Crippen LogP contribution in [0.1, 0.15) is 18.4 Å². The lowest BCUT2D eigenvalue weighted by Crippen LogP contribution is -2.38. The van der Waals surface area contributed by atoms with Crippen LogP contribution in [-0.2, 0) is 11.3 Å². The molecule has 17 heavy (non-hydrogen) atoms. The van der Waals surface area contributed by atoms with E-state index >= 15 is 0 Å². The Kier molecular flexibility index (Phi) is 3.79. The van der Waals surface area contributed by atoms with Gasteiger partial charge in [-0.05, 0) is 30.9 Å². The van der Waals surface area contributed by atoms with Crippen molar-refractivity contribution >= 4 is 21.9 Å². The van der Waals surface area contributed by atoms with Gasteiger partial charge in [0.25, 0.3) is 0 Å². The molecular formula is C12H13BrFNO2. The lowest BCUT2D eigenvalue weighted by Gasteiger charge is -2.13. The van der Waals surface area contributed by atoms with E-state index in [-0.39, 0.29) is 18.3 Å². The van der Waals surface area contributed by atoms with Crippen molar-refractivity contribution in [2.75, 3.05) is 0 Å². The number of rotatable bonds is 5. The molecule has 1 fully saturated rings. The van der Waals surface area contributed by atoms with E-state index in [1.165, 1.54) is 6.07 Å². The summed E-state index contributed by atoms with van der Waals surface area (Å²) in [7, 11) is 0. The molecule has 0 aromatic heterocycles. The molecule has 1 unspecified atom stereocenters. The Morgan fingerprint density at radius 2 is 2.29 bits per heavy atom. The topological polar surface area (TPSA) is 49.3 Å². The molecule has 0 spiro atoms. The van der Waals surface area contributed by atoms with E-state index in [1.54, 1.807) is 12.1 Å². The first-order chi connectivity index (χ1) is 8.08. The van der Waals surface area contributed by atoms with Gasteiger partial charge in [-0.25, -0.2) is 4.39 Å². The average molecular weight is 302 g/mol. The van der Waals surface area contributed by atoms with Crippen molar-refractivity contribution in [2.24, 2.45) is 5.92 Å². The molecule has 2 rings (SSSR count). The molecule has 92 valence electrons. The standard InChI is InChI=1S/C12H13BrFNO2/c13-9-4-3-8(10(14)5-9)6-15-11(12(16)17)7-1-2-7/h3-5,7,11,15H,1-2,6H2,(H,16,17). The smallest absolute Gasteiger partial charge is 0.320 e. The van der Waals surface area contributed by atoms with Crippen LogP contribution in [0, 0.1) is 11.7 Å². The van der Waals surface area contributed by atoms with Gasteiger partial charge in [-0.3, -0.25) is 10.1 Å². The van der Waals surface area contributed by atoms with E-state index in [9.17, 15) is 9.18 Å². The summed E-state index contributed by atoms with van der Waals surface area (Å²) in [4.78, 5) is 11.0. The maximum absolute atomic E-state index is 13.5. The van der Waals surface area contributed by atoms with Crippen LogP contribution in [-0.4, -0.2) is 17.1 Å². The largest absolute Gasteiger partial charge is 0.480 e. The number of carbonyl (C=O) groups is 1. The van der Waals surface area contributed by atoms with Crippen molar-refractivity contribution in [3.05, 3.63) is 34.1 Å². The molecule has 5 heteroatoms. The second-order valence-corrected chi connectivity index (χ2v) is 5.19. The van der Waals surface area contributed by atoms with E-state index in [0.717, 1.165) is 12.8 Å². The molecule has 1 atom stereocenters. The number of hydrogen-bond acceptors (Lipinski definition) is 2. The number of hydrogen-bond donors (Lipinski definition) is 2. The predicted octanol–water partition coefficient (Wildman–Crippen LogP) is 2.54. The van der Waals surface area contributed by atoms with Crippen LogP contribution >= 0.6 is 15.9 Å². The number of carboxylic acids is 1. The highest BCUT2D eigenvalue weighted by atomic mass is 79.9. The van der Waals surface area contributed by atoms with Gasteiger partial charge in [0.15, 0.2) is 0 Å². The van der Waals surface area contributed by atoms with E-state index in [2.05, 4.69) is 21.2 Å². The summed E-state index contributed by atoms with van der Waals surface area (Å²) < 4.78 is 14.2. The van der Waals surface area contributed by atoms with E-state index in [1.807, 2.05) is 0 Å². The third-order valence-corrected chi connectivity index (χ3v) is 3.38. The minimum absolute atomic E-state index is 0.200. The van der Waals surface area contributed by atoms with Crippen LogP contribution < -0.4 is 5.32 Å². The van der Waals surface area contributed by atoms with Crippen LogP contribution in [0.2, 0.25) is 0 Å². The second kappa shape index (κ2) is 5.14. The molecule has 3 nitrogen and oxygen atoms in total. The summed E-state index contributed by atoms with van der Waals surface area (Å²) >= 11 is 3.18. The zero-order chi connectivity index (χ0) is 12.4. The predicted molar refractivity (Wildman–Crippen MR) is 65.1 cm³/mol. The van der Waals surface area contributed by atoms with E-state index < -0.39 is 12.0 Å². The molecule has 0 bridgehead atoms. The lowest BCUT2D eigenvalue weighted by atomic mass is 10.1. The Balaban J connectivity index is 1.98. The lowest BCUT2D eigenvalue weighted by molar-refractivity contribution is -0.140. The molecule has 1 aliphatic rings. The third-order valence-electron chi connectivity index (χ3n) is 2.89. The average Bonchev–Trinajstić information content (AvgIpc) is 3.05. The first kappa shape index (κ1) is 12.5. The van der Waals surface area contributed by atoms with Crippen molar-refractivity contribution in [2.45, 2.75) is 25.4 Å². The normalized spacial score (nSPS) is 16.8. The van der Waals surface area contributed by atoms with Gasteiger partial charge in [0.2, 0.25) is 0 Å². The highest BCUT2D eigenvalue weighted by Gasteiger charge is 2.35.